The molecule has 0 N–H and O–H groups in total. The van der Waals surface area contributed by atoms with Crippen LogP contribution in [-0.2, 0) is 4.74 Å². The molecule has 27 heavy (non-hydrogen) atoms. The van der Waals surface area contributed by atoms with Gasteiger partial charge in [-0.15, -0.1) is 0 Å². The van der Waals surface area contributed by atoms with Gasteiger partial charge in [0.25, 0.3) is 5.88 Å². The summed E-state index contributed by atoms with van der Waals surface area (Å²) in [6.45, 7) is 9.33. The Morgan fingerprint density at radius 2 is 1.93 bits per heavy atom. The third-order valence-electron chi connectivity index (χ3n) is 4.50. The lowest BCUT2D eigenvalue weighted by molar-refractivity contribution is 0.0292. The summed E-state index contributed by atoms with van der Waals surface area (Å²) in [5.41, 5.74) is 1.14. The van der Waals surface area contributed by atoms with Gasteiger partial charge in [-0.2, -0.15) is 0 Å². The molecular weight excluding hydrogens is 344 g/mol. The van der Waals surface area contributed by atoms with Crippen molar-refractivity contribution in [3.8, 4) is 5.88 Å². The van der Waals surface area contributed by atoms with Gasteiger partial charge in [-0.1, -0.05) is 12.1 Å². The molecule has 1 amide bonds. The van der Waals surface area contributed by atoms with Crippen LogP contribution in [0, 0.1) is 0 Å². The van der Waals surface area contributed by atoms with Gasteiger partial charge in [-0.3, -0.25) is 0 Å². The largest absolute Gasteiger partial charge is 0.475 e. The molecule has 146 valence electrons. The lowest BCUT2D eigenvalue weighted by atomic mass is 10.2. The van der Waals surface area contributed by atoms with E-state index in [1.165, 1.54) is 0 Å². The molecule has 3 rings (SSSR count). The van der Waals surface area contributed by atoms with E-state index in [0.717, 1.165) is 17.5 Å². The molecule has 2 aromatic rings. The Labute approximate surface area is 160 Å². The molecule has 1 unspecified atom stereocenters. The first kappa shape index (κ1) is 19.2. The first-order valence-corrected chi connectivity index (χ1v) is 9.39. The Bertz CT molecular complexity index is 818. The Kier molecular flexibility index (Phi) is 5.39. The van der Waals surface area contributed by atoms with Crippen molar-refractivity contribution in [2.24, 2.45) is 0 Å². The highest BCUT2D eigenvalue weighted by Gasteiger charge is 2.33. The summed E-state index contributed by atoms with van der Waals surface area (Å²) in [4.78, 5) is 25.6. The molecule has 0 bridgehead atoms. The van der Waals surface area contributed by atoms with Crippen LogP contribution in [-0.4, -0.2) is 59.3 Å². The summed E-state index contributed by atoms with van der Waals surface area (Å²) in [6.07, 6.45) is 0.573. The SMILES string of the molecule is CCOc1nc2ccccc2nc1N(C)C1CCN(C(=O)OC(C)(C)C)C1. The maximum absolute atomic E-state index is 12.3. The third kappa shape index (κ3) is 4.40. The molecule has 1 aromatic carbocycles. The summed E-state index contributed by atoms with van der Waals surface area (Å²) < 4.78 is 11.2. The molecule has 1 aliphatic rings. The van der Waals surface area contributed by atoms with E-state index in [9.17, 15) is 4.79 Å². The van der Waals surface area contributed by atoms with Gasteiger partial charge in [0.05, 0.1) is 17.6 Å². The first-order chi connectivity index (χ1) is 12.8. The van der Waals surface area contributed by atoms with Crippen molar-refractivity contribution in [1.82, 2.24) is 14.9 Å². The number of benzene rings is 1. The number of hydrogen-bond acceptors (Lipinski definition) is 6. The zero-order chi connectivity index (χ0) is 19.6. The van der Waals surface area contributed by atoms with Crippen LogP contribution < -0.4 is 9.64 Å². The predicted molar refractivity (Wildman–Crippen MR) is 105 cm³/mol. The Balaban J connectivity index is 1.80. The predicted octanol–water partition coefficient (Wildman–Crippen LogP) is 3.47. The highest BCUT2D eigenvalue weighted by molar-refractivity contribution is 5.77. The normalized spacial score (nSPS) is 17.2. The van der Waals surface area contributed by atoms with Gasteiger partial charge < -0.3 is 19.3 Å². The van der Waals surface area contributed by atoms with Crippen LogP contribution >= 0.6 is 0 Å². The molecule has 0 radical (unpaired) electrons. The van der Waals surface area contributed by atoms with E-state index in [-0.39, 0.29) is 12.1 Å². The second kappa shape index (κ2) is 7.58. The average Bonchev–Trinajstić information content (AvgIpc) is 3.10. The van der Waals surface area contributed by atoms with E-state index in [1.54, 1.807) is 4.90 Å². The summed E-state index contributed by atoms with van der Waals surface area (Å²) in [6, 6.07) is 7.88. The number of amides is 1. The molecule has 0 saturated carbocycles. The summed E-state index contributed by atoms with van der Waals surface area (Å²) >= 11 is 0. The minimum atomic E-state index is -0.493. The van der Waals surface area contributed by atoms with Gasteiger partial charge in [0.15, 0.2) is 5.82 Å². The first-order valence-electron chi connectivity index (χ1n) is 9.39. The molecule has 1 aliphatic heterocycles. The number of hydrogen-bond donors (Lipinski definition) is 0. The second-order valence-electron chi connectivity index (χ2n) is 7.75. The van der Waals surface area contributed by atoms with E-state index in [2.05, 4.69) is 9.88 Å². The molecule has 2 heterocycles. The second-order valence-corrected chi connectivity index (χ2v) is 7.75. The molecule has 1 aromatic heterocycles. The van der Waals surface area contributed by atoms with Crippen LogP contribution in [0.15, 0.2) is 24.3 Å². The minimum absolute atomic E-state index is 0.132. The van der Waals surface area contributed by atoms with Gasteiger partial charge in [0.1, 0.15) is 5.60 Å². The minimum Gasteiger partial charge on any atom is -0.475 e. The summed E-state index contributed by atoms with van der Waals surface area (Å²) in [5, 5.41) is 0. The van der Waals surface area contributed by atoms with Crippen LogP contribution in [0.2, 0.25) is 0 Å². The van der Waals surface area contributed by atoms with Crippen LogP contribution in [0.25, 0.3) is 11.0 Å². The Morgan fingerprint density at radius 3 is 2.56 bits per heavy atom. The number of nitrogens with zero attached hydrogens (tertiary/aromatic N) is 4. The van der Waals surface area contributed by atoms with Crippen molar-refractivity contribution in [1.29, 1.82) is 0 Å². The van der Waals surface area contributed by atoms with Crippen molar-refractivity contribution >= 4 is 22.9 Å². The molecule has 0 aliphatic carbocycles. The van der Waals surface area contributed by atoms with E-state index in [1.807, 2.05) is 59.0 Å². The van der Waals surface area contributed by atoms with E-state index >= 15 is 0 Å². The topological polar surface area (TPSA) is 67.8 Å². The monoisotopic (exact) mass is 372 g/mol. The third-order valence-corrected chi connectivity index (χ3v) is 4.50. The Hall–Kier alpha value is -2.57. The molecule has 7 heteroatoms. The zero-order valence-corrected chi connectivity index (χ0v) is 16.7. The van der Waals surface area contributed by atoms with Crippen molar-refractivity contribution < 1.29 is 14.3 Å². The van der Waals surface area contributed by atoms with Crippen molar-refractivity contribution in [2.75, 3.05) is 31.6 Å². The fourth-order valence-corrected chi connectivity index (χ4v) is 3.16. The lowest BCUT2D eigenvalue weighted by Crippen LogP contribution is -2.39. The summed E-state index contributed by atoms with van der Waals surface area (Å²) in [7, 11) is 1.98. The average molecular weight is 372 g/mol. The molecular formula is C20H28N4O3. The number of rotatable bonds is 4. The molecule has 1 atom stereocenters. The number of carbonyl (C=O) groups is 1. The van der Waals surface area contributed by atoms with Crippen LogP contribution in [0.1, 0.15) is 34.1 Å². The number of ether oxygens (including phenoxy) is 2. The van der Waals surface area contributed by atoms with Crippen LogP contribution in [0.3, 0.4) is 0 Å². The number of likely N-dealkylation sites (tertiary alicyclic amines) is 1. The number of anilines is 1. The maximum Gasteiger partial charge on any atom is 0.410 e. The van der Waals surface area contributed by atoms with Crippen LogP contribution in [0.4, 0.5) is 10.6 Å². The quantitative estimate of drug-likeness (QED) is 0.819. The van der Waals surface area contributed by atoms with Gasteiger partial charge in [-0.05, 0) is 46.2 Å². The number of aromatic nitrogens is 2. The molecule has 0 spiro atoms. The van der Waals surface area contributed by atoms with E-state index in [0.29, 0.717) is 31.4 Å². The summed E-state index contributed by atoms with van der Waals surface area (Å²) in [5.74, 6) is 1.22. The van der Waals surface area contributed by atoms with Gasteiger partial charge >= 0.3 is 6.09 Å². The number of carbonyl (C=O) groups excluding carboxylic acids is 1. The van der Waals surface area contributed by atoms with Gasteiger partial charge in [0, 0.05) is 26.2 Å². The number of para-hydroxylation sites is 2. The Morgan fingerprint density at radius 1 is 1.26 bits per heavy atom. The fourth-order valence-electron chi connectivity index (χ4n) is 3.16. The van der Waals surface area contributed by atoms with Crippen molar-refractivity contribution in [3.63, 3.8) is 0 Å². The maximum atomic E-state index is 12.3. The molecule has 1 fully saturated rings. The number of fused-ring (bicyclic) bond motifs is 1. The zero-order valence-electron chi connectivity index (χ0n) is 16.7. The lowest BCUT2D eigenvalue weighted by Gasteiger charge is -2.28. The van der Waals surface area contributed by atoms with E-state index < -0.39 is 5.60 Å². The smallest absolute Gasteiger partial charge is 0.410 e. The van der Waals surface area contributed by atoms with Crippen molar-refractivity contribution in [3.05, 3.63) is 24.3 Å². The number of likely N-dealkylation sites (N-methyl/N-ethyl adjacent to an activating group) is 1. The van der Waals surface area contributed by atoms with Crippen LogP contribution in [0.5, 0.6) is 5.88 Å². The highest BCUT2D eigenvalue weighted by Crippen LogP contribution is 2.30. The molecule has 7 nitrogen and oxygen atoms in total. The fraction of sp³-hybridized carbons (Fsp3) is 0.550. The van der Waals surface area contributed by atoms with E-state index in [4.69, 9.17) is 14.5 Å². The molecule has 1 saturated heterocycles. The van der Waals surface area contributed by atoms with Crippen molar-refractivity contribution in [2.45, 2.75) is 45.8 Å². The van der Waals surface area contributed by atoms with Gasteiger partial charge in [0.2, 0.25) is 0 Å². The standard InChI is InChI=1S/C20H28N4O3/c1-6-26-18-17(21-15-9-7-8-10-16(15)22-18)23(5)14-11-12-24(13-14)19(25)27-20(2,3)4/h7-10,14H,6,11-13H2,1-5H3. The van der Waals surface area contributed by atoms with Gasteiger partial charge in [-0.25, -0.2) is 14.8 Å². The highest BCUT2D eigenvalue weighted by atomic mass is 16.6.